The van der Waals surface area contributed by atoms with Crippen LogP contribution < -0.4 is 24.6 Å². The van der Waals surface area contributed by atoms with Gasteiger partial charge in [-0.1, -0.05) is 18.2 Å². The fourth-order valence-corrected chi connectivity index (χ4v) is 4.66. The quantitative estimate of drug-likeness (QED) is 0.341. The summed E-state index contributed by atoms with van der Waals surface area (Å²) < 4.78 is 27.8. The first-order valence-corrected chi connectivity index (χ1v) is 11.9. The maximum atomic E-state index is 13.8. The van der Waals surface area contributed by atoms with Crippen molar-refractivity contribution in [3.63, 3.8) is 0 Å². The third kappa shape index (κ3) is 4.70. The van der Waals surface area contributed by atoms with Gasteiger partial charge in [0.2, 0.25) is 0 Å². The van der Waals surface area contributed by atoms with Gasteiger partial charge in [-0.3, -0.25) is 4.79 Å². The Hall–Kier alpha value is -4.46. The van der Waals surface area contributed by atoms with E-state index in [1.807, 2.05) is 24.3 Å². The zero-order valence-electron chi connectivity index (χ0n) is 20.9. The number of para-hydroxylation sites is 1. The Morgan fingerprint density at radius 2 is 1.62 bits per heavy atom. The van der Waals surface area contributed by atoms with Crippen LogP contribution >= 0.6 is 0 Å². The van der Waals surface area contributed by atoms with E-state index in [4.69, 9.17) is 23.4 Å². The van der Waals surface area contributed by atoms with E-state index in [0.717, 1.165) is 11.1 Å². The number of carbonyl (C=O) groups is 1. The Balaban J connectivity index is 1.53. The zero-order valence-corrected chi connectivity index (χ0v) is 20.9. The molecule has 0 aliphatic carbocycles. The van der Waals surface area contributed by atoms with Crippen LogP contribution in [0.15, 0.2) is 75.9 Å². The summed E-state index contributed by atoms with van der Waals surface area (Å²) in [6, 6.07) is 19.3. The summed E-state index contributed by atoms with van der Waals surface area (Å²) in [6.45, 7) is 0.559. The van der Waals surface area contributed by atoms with Gasteiger partial charge in [0.1, 0.15) is 29.3 Å². The molecule has 0 unspecified atom stereocenters. The van der Waals surface area contributed by atoms with Crippen molar-refractivity contribution in [2.45, 2.75) is 12.5 Å². The van der Waals surface area contributed by atoms with Crippen molar-refractivity contribution in [3.8, 4) is 23.0 Å². The number of hydrogen-bond donors (Lipinski definition) is 0. The molecule has 0 fully saturated rings. The minimum Gasteiger partial charge on any atom is -0.497 e. The summed E-state index contributed by atoms with van der Waals surface area (Å²) in [5.74, 6) is 2.10. The third-order valence-electron chi connectivity index (χ3n) is 6.60. The largest absolute Gasteiger partial charge is 0.497 e. The van der Waals surface area contributed by atoms with Crippen LogP contribution in [0.3, 0.4) is 0 Å². The molecule has 1 amide bonds. The second kappa shape index (κ2) is 10.3. The lowest BCUT2D eigenvalue weighted by molar-refractivity contribution is 0.0585. The highest BCUT2D eigenvalue weighted by atomic mass is 16.5. The molecule has 1 aliphatic rings. The molecule has 4 aromatic rings. The van der Waals surface area contributed by atoms with Crippen LogP contribution in [0.25, 0.3) is 11.0 Å². The number of hydrogen-bond acceptors (Lipinski definition) is 7. The van der Waals surface area contributed by atoms with E-state index in [2.05, 4.69) is 0 Å². The summed E-state index contributed by atoms with van der Waals surface area (Å²) in [5.41, 5.74) is 1.64. The molecular weight excluding hydrogens is 474 g/mol. The first-order chi connectivity index (χ1) is 18.0. The second-order valence-corrected chi connectivity index (χ2v) is 8.64. The van der Waals surface area contributed by atoms with Gasteiger partial charge in [0, 0.05) is 11.9 Å². The van der Waals surface area contributed by atoms with Crippen LogP contribution in [0.2, 0.25) is 0 Å². The van der Waals surface area contributed by atoms with Crippen LogP contribution in [0.4, 0.5) is 0 Å². The van der Waals surface area contributed by atoms with Gasteiger partial charge in [-0.05, 0) is 66.1 Å². The van der Waals surface area contributed by atoms with Gasteiger partial charge in [-0.25, -0.2) is 4.79 Å². The van der Waals surface area contributed by atoms with Gasteiger partial charge in [-0.15, -0.1) is 0 Å². The monoisotopic (exact) mass is 501 g/mol. The zero-order chi connectivity index (χ0) is 25.9. The molecule has 0 saturated carbocycles. The first kappa shape index (κ1) is 24.2. The van der Waals surface area contributed by atoms with Crippen molar-refractivity contribution in [2.24, 2.45) is 0 Å². The van der Waals surface area contributed by atoms with E-state index in [9.17, 15) is 9.59 Å². The van der Waals surface area contributed by atoms with Gasteiger partial charge < -0.3 is 28.3 Å². The van der Waals surface area contributed by atoms with Crippen molar-refractivity contribution in [1.82, 2.24) is 4.90 Å². The molecule has 8 nitrogen and oxygen atoms in total. The molecule has 1 atom stereocenters. The molecule has 1 aromatic heterocycles. The summed E-state index contributed by atoms with van der Waals surface area (Å²) >= 11 is 0. The molecule has 0 spiro atoms. The molecule has 2 heterocycles. The number of benzene rings is 3. The number of amides is 1. The van der Waals surface area contributed by atoms with E-state index in [0.29, 0.717) is 46.9 Å². The molecule has 8 heteroatoms. The smallest absolute Gasteiger partial charge is 0.349 e. The van der Waals surface area contributed by atoms with Gasteiger partial charge in [0.05, 0.1) is 27.4 Å². The highest BCUT2D eigenvalue weighted by Crippen LogP contribution is 2.39. The lowest BCUT2D eigenvalue weighted by atomic mass is 9.91. The normalized spacial score (nSPS) is 14.7. The first-order valence-electron chi connectivity index (χ1n) is 11.9. The molecule has 5 rings (SSSR count). The summed E-state index contributed by atoms with van der Waals surface area (Å²) in [4.78, 5) is 28.3. The minimum absolute atomic E-state index is 0.0166. The second-order valence-electron chi connectivity index (χ2n) is 8.64. The number of carbonyl (C=O) groups excluding carboxylic acids is 1. The number of methoxy groups -OCH3 is 3. The maximum absolute atomic E-state index is 13.8. The lowest BCUT2D eigenvalue weighted by Crippen LogP contribution is -2.44. The molecule has 190 valence electrons. The van der Waals surface area contributed by atoms with Crippen molar-refractivity contribution in [1.29, 1.82) is 0 Å². The predicted octanol–water partition coefficient (Wildman–Crippen LogP) is 4.64. The van der Waals surface area contributed by atoms with Gasteiger partial charge in [-0.2, -0.15) is 0 Å². The standard InChI is InChI=1S/C29H27NO7/c1-33-20-8-10-21(11-9-20)36-17-24-22-16-27(35-3)26(34-2)15-18(22)12-13-30(24)28(31)23-14-19-6-4-5-7-25(19)37-29(23)32/h4-11,14-16,24H,12-13,17H2,1-3H3/t24-/m0/s1. The highest BCUT2D eigenvalue weighted by molar-refractivity contribution is 5.97. The van der Waals surface area contributed by atoms with E-state index < -0.39 is 17.6 Å². The van der Waals surface area contributed by atoms with E-state index in [1.165, 1.54) is 0 Å². The number of nitrogens with zero attached hydrogens (tertiary/aromatic N) is 1. The van der Waals surface area contributed by atoms with Crippen LogP contribution in [-0.4, -0.2) is 45.3 Å². The van der Waals surface area contributed by atoms with E-state index in [-0.39, 0.29) is 12.2 Å². The average Bonchev–Trinajstić information content (AvgIpc) is 2.94. The Kier molecular flexibility index (Phi) is 6.72. The van der Waals surface area contributed by atoms with E-state index >= 15 is 0 Å². The van der Waals surface area contributed by atoms with Crippen LogP contribution in [0, 0.1) is 0 Å². The molecule has 3 aromatic carbocycles. The van der Waals surface area contributed by atoms with Crippen molar-refractivity contribution in [2.75, 3.05) is 34.5 Å². The minimum atomic E-state index is -0.670. The van der Waals surface area contributed by atoms with Gasteiger partial charge in [0.25, 0.3) is 5.91 Å². The number of ether oxygens (including phenoxy) is 4. The van der Waals surface area contributed by atoms with Gasteiger partial charge >= 0.3 is 5.63 Å². The van der Waals surface area contributed by atoms with Crippen LogP contribution in [-0.2, 0) is 6.42 Å². The topological polar surface area (TPSA) is 87.4 Å². The van der Waals surface area contributed by atoms with Crippen LogP contribution in [0.1, 0.15) is 27.5 Å². The fraction of sp³-hybridized carbons (Fsp3) is 0.241. The molecule has 0 saturated heterocycles. The van der Waals surface area contributed by atoms with Crippen LogP contribution in [0.5, 0.6) is 23.0 Å². The van der Waals surface area contributed by atoms with Crippen molar-refractivity contribution >= 4 is 16.9 Å². The lowest BCUT2D eigenvalue weighted by Gasteiger charge is -2.37. The molecule has 0 bridgehead atoms. The van der Waals surface area contributed by atoms with Crippen molar-refractivity contribution < 1.29 is 28.2 Å². The molecule has 0 N–H and O–H groups in total. The summed E-state index contributed by atoms with van der Waals surface area (Å²) in [6.07, 6.45) is 0.583. The maximum Gasteiger partial charge on any atom is 0.349 e. The Morgan fingerprint density at radius 1 is 0.919 bits per heavy atom. The highest BCUT2D eigenvalue weighted by Gasteiger charge is 2.34. The fourth-order valence-electron chi connectivity index (χ4n) is 4.66. The Labute approximate surface area is 213 Å². The van der Waals surface area contributed by atoms with E-state index in [1.54, 1.807) is 68.7 Å². The summed E-state index contributed by atoms with van der Waals surface area (Å²) in [5, 5.41) is 0.681. The average molecular weight is 502 g/mol. The summed E-state index contributed by atoms with van der Waals surface area (Å²) in [7, 11) is 4.76. The molecular formula is C29H27NO7. The number of rotatable bonds is 7. The molecule has 37 heavy (non-hydrogen) atoms. The Morgan fingerprint density at radius 3 is 2.35 bits per heavy atom. The number of fused-ring (bicyclic) bond motifs is 2. The van der Waals surface area contributed by atoms with Gasteiger partial charge in [0.15, 0.2) is 11.5 Å². The third-order valence-corrected chi connectivity index (χ3v) is 6.60. The van der Waals surface area contributed by atoms with Crippen molar-refractivity contribution in [3.05, 3.63) is 93.8 Å². The molecule has 0 radical (unpaired) electrons. The molecule has 1 aliphatic heterocycles. The predicted molar refractivity (Wildman–Crippen MR) is 138 cm³/mol. The Bertz CT molecular complexity index is 1490. The SMILES string of the molecule is COc1ccc(OC[C@H]2c3cc(OC)c(OC)cc3CCN2C(=O)c2cc3ccccc3oc2=O)cc1.